The number of hydrogen-bond donors (Lipinski definition) is 2. The van der Waals surface area contributed by atoms with Crippen molar-refractivity contribution < 1.29 is 13.2 Å². The second kappa shape index (κ2) is 7.94. The Kier molecular flexibility index (Phi) is 7.21. The van der Waals surface area contributed by atoms with E-state index in [0.717, 1.165) is 32.1 Å². The van der Waals surface area contributed by atoms with E-state index in [2.05, 4.69) is 4.72 Å². The summed E-state index contributed by atoms with van der Waals surface area (Å²) in [6.45, 7) is 1.62. The normalized spacial score (nSPS) is 26.8. The van der Waals surface area contributed by atoms with Crippen LogP contribution in [-0.4, -0.2) is 39.5 Å². The third-order valence-corrected chi connectivity index (χ3v) is 5.72. The summed E-state index contributed by atoms with van der Waals surface area (Å²) in [6.07, 6.45) is 7.32. The van der Waals surface area contributed by atoms with E-state index in [1.807, 2.05) is 0 Å². The fraction of sp³-hybridized carbons (Fsp3) is 1.00. The number of nitrogens with two attached hydrogens (primary N) is 1. The van der Waals surface area contributed by atoms with Gasteiger partial charge in [-0.05, 0) is 25.2 Å². The molecular formula is C13H27ClN2O3S. The predicted octanol–water partition coefficient (Wildman–Crippen LogP) is 1.42. The van der Waals surface area contributed by atoms with Gasteiger partial charge in [0.25, 0.3) is 0 Å². The van der Waals surface area contributed by atoms with Crippen LogP contribution in [0.2, 0.25) is 0 Å². The minimum atomic E-state index is -3.22. The first-order valence-electron chi connectivity index (χ1n) is 7.33. The fourth-order valence-corrected chi connectivity index (χ4v) is 4.46. The van der Waals surface area contributed by atoms with Gasteiger partial charge in [-0.3, -0.25) is 0 Å². The third-order valence-electron chi connectivity index (χ3n) is 4.22. The molecule has 20 heavy (non-hydrogen) atoms. The Labute approximate surface area is 128 Å². The zero-order chi connectivity index (χ0) is 13.8. The van der Waals surface area contributed by atoms with Gasteiger partial charge in [0.15, 0.2) is 0 Å². The van der Waals surface area contributed by atoms with Crippen molar-refractivity contribution in [3.05, 3.63) is 0 Å². The molecule has 1 aliphatic carbocycles. The number of hydrogen-bond acceptors (Lipinski definition) is 4. The molecule has 1 unspecified atom stereocenters. The maximum Gasteiger partial charge on any atom is 0.212 e. The van der Waals surface area contributed by atoms with Crippen LogP contribution in [0, 0.1) is 5.92 Å². The number of rotatable bonds is 5. The maximum atomic E-state index is 12.0. The van der Waals surface area contributed by atoms with Gasteiger partial charge in [0.1, 0.15) is 0 Å². The number of sulfonamides is 1. The Bertz CT molecular complexity index is 375. The summed E-state index contributed by atoms with van der Waals surface area (Å²) in [5.74, 6) is 0.309. The highest BCUT2D eigenvalue weighted by atomic mass is 35.5. The van der Waals surface area contributed by atoms with E-state index in [0.29, 0.717) is 19.8 Å². The van der Waals surface area contributed by atoms with Crippen LogP contribution in [0.15, 0.2) is 0 Å². The Hall–Kier alpha value is 0.120. The van der Waals surface area contributed by atoms with Crippen LogP contribution in [0.1, 0.15) is 44.9 Å². The predicted molar refractivity (Wildman–Crippen MR) is 82.6 cm³/mol. The Morgan fingerprint density at radius 1 is 1.20 bits per heavy atom. The van der Waals surface area contributed by atoms with E-state index in [9.17, 15) is 8.42 Å². The molecule has 120 valence electrons. The smallest absolute Gasteiger partial charge is 0.212 e. The standard InChI is InChI=1S/C13H26N2O3S.ClH/c14-13(6-3-1-2-4-7-13)11-15-19(16,17)10-12-5-8-18-9-12;/h12,15H,1-11,14H2;1H. The number of nitrogens with one attached hydrogen (secondary N) is 1. The topological polar surface area (TPSA) is 81.4 Å². The largest absolute Gasteiger partial charge is 0.381 e. The highest BCUT2D eigenvalue weighted by molar-refractivity contribution is 7.89. The van der Waals surface area contributed by atoms with Crippen molar-refractivity contribution in [2.75, 3.05) is 25.5 Å². The van der Waals surface area contributed by atoms with Crippen LogP contribution in [0.3, 0.4) is 0 Å². The van der Waals surface area contributed by atoms with E-state index in [1.165, 1.54) is 12.8 Å². The first-order valence-corrected chi connectivity index (χ1v) is 8.98. The molecule has 0 amide bonds. The van der Waals surface area contributed by atoms with E-state index >= 15 is 0 Å². The summed E-state index contributed by atoms with van der Waals surface area (Å²) in [6, 6.07) is 0. The molecule has 0 radical (unpaired) electrons. The highest BCUT2D eigenvalue weighted by Gasteiger charge is 2.29. The quantitative estimate of drug-likeness (QED) is 0.749. The summed E-state index contributed by atoms with van der Waals surface area (Å²) in [5, 5.41) is 0. The molecule has 5 nitrogen and oxygen atoms in total. The van der Waals surface area contributed by atoms with Gasteiger partial charge >= 0.3 is 0 Å². The van der Waals surface area contributed by atoms with Crippen molar-refractivity contribution in [3.63, 3.8) is 0 Å². The van der Waals surface area contributed by atoms with Crippen molar-refractivity contribution in [1.82, 2.24) is 4.72 Å². The number of halogens is 1. The van der Waals surface area contributed by atoms with E-state index < -0.39 is 10.0 Å². The molecule has 2 rings (SSSR count). The molecule has 3 N–H and O–H groups in total. The summed E-state index contributed by atoms with van der Waals surface area (Å²) in [5.41, 5.74) is 5.97. The first kappa shape index (κ1) is 18.2. The van der Waals surface area contributed by atoms with Crippen molar-refractivity contribution >= 4 is 22.4 Å². The van der Waals surface area contributed by atoms with Crippen molar-refractivity contribution in [3.8, 4) is 0 Å². The minimum Gasteiger partial charge on any atom is -0.381 e. The zero-order valence-corrected chi connectivity index (χ0v) is 13.6. The van der Waals surface area contributed by atoms with Crippen molar-refractivity contribution in [1.29, 1.82) is 0 Å². The molecule has 0 aromatic rings. The first-order chi connectivity index (χ1) is 8.99. The van der Waals surface area contributed by atoms with Crippen molar-refractivity contribution in [2.45, 2.75) is 50.5 Å². The Morgan fingerprint density at radius 2 is 1.85 bits per heavy atom. The Morgan fingerprint density at radius 3 is 2.40 bits per heavy atom. The molecule has 1 aliphatic heterocycles. The van der Waals surface area contributed by atoms with Gasteiger partial charge in [-0.25, -0.2) is 13.1 Å². The monoisotopic (exact) mass is 326 g/mol. The van der Waals surface area contributed by atoms with Gasteiger partial charge < -0.3 is 10.5 Å². The molecule has 7 heteroatoms. The maximum absolute atomic E-state index is 12.0. The molecule has 2 aliphatic rings. The summed E-state index contributed by atoms with van der Waals surface area (Å²) >= 11 is 0. The van der Waals surface area contributed by atoms with E-state index in [4.69, 9.17) is 10.5 Å². The molecular weight excluding hydrogens is 300 g/mol. The van der Waals surface area contributed by atoms with E-state index in [1.54, 1.807) is 0 Å². The summed E-state index contributed by atoms with van der Waals surface area (Å²) in [7, 11) is -3.22. The van der Waals surface area contributed by atoms with Gasteiger partial charge in [0.2, 0.25) is 10.0 Å². The second-order valence-electron chi connectivity index (χ2n) is 6.11. The molecule has 1 saturated carbocycles. The molecule has 1 saturated heterocycles. The van der Waals surface area contributed by atoms with Crippen LogP contribution in [0.5, 0.6) is 0 Å². The van der Waals surface area contributed by atoms with Crippen LogP contribution in [0.4, 0.5) is 0 Å². The summed E-state index contributed by atoms with van der Waals surface area (Å²) < 4.78 is 32.0. The van der Waals surface area contributed by atoms with Gasteiger partial charge in [-0.1, -0.05) is 25.7 Å². The lowest BCUT2D eigenvalue weighted by Gasteiger charge is -2.28. The average Bonchev–Trinajstić information content (AvgIpc) is 2.74. The zero-order valence-electron chi connectivity index (χ0n) is 12.0. The highest BCUT2D eigenvalue weighted by Crippen LogP contribution is 2.24. The molecule has 1 heterocycles. The van der Waals surface area contributed by atoms with Crippen LogP contribution in [0.25, 0.3) is 0 Å². The van der Waals surface area contributed by atoms with Crippen LogP contribution >= 0.6 is 12.4 Å². The average molecular weight is 327 g/mol. The minimum absolute atomic E-state index is 0. The SMILES string of the molecule is Cl.NC1(CNS(=O)(=O)CC2CCOC2)CCCCCC1. The van der Waals surface area contributed by atoms with Crippen LogP contribution in [-0.2, 0) is 14.8 Å². The molecule has 0 bridgehead atoms. The fourth-order valence-electron chi connectivity index (χ4n) is 2.95. The van der Waals surface area contributed by atoms with E-state index in [-0.39, 0.29) is 29.6 Å². The molecule has 0 spiro atoms. The molecule has 0 aromatic heterocycles. The number of ether oxygens (including phenoxy) is 1. The summed E-state index contributed by atoms with van der Waals surface area (Å²) in [4.78, 5) is 0. The molecule has 1 atom stereocenters. The third kappa shape index (κ3) is 5.85. The van der Waals surface area contributed by atoms with Gasteiger partial charge in [-0.15, -0.1) is 12.4 Å². The Balaban J connectivity index is 0.00000200. The van der Waals surface area contributed by atoms with Gasteiger partial charge in [0, 0.05) is 18.7 Å². The van der Waals surface area contributed by atoms with Crippen molar-refractivity contribution in [2.24, 2.45) is 11.7 Å². The lowest BCUT2D eigenvalue weighted by Crippen LogP contribution is -2.50. The van der Waals surface area contributed by atoms with Gasteiger partial charge in [0.05, 0.1) is 12.4 Å². The molecule has 0 aromatic carbocycles. The van der Waals surface area contributed by atoms with Crippen LogP contribution < -0.4 is 10.5 Å². The second-order valence-corrected chi connectivity index (χ2v) is 7.96. The lowest BCUT2D eigenvalue weighted by molar-refractivity contribution is 0.188. The van der Waals surface area contributed by atoms with Gasteiger partial charge in [-0.2, -0.15) is 0 Å². The molecule has 2 fully saturated rings. The lowest BCUT2D eigenvalue weighted by atomic mass is 9.92.